The average Bonchev–Trinajstić information content (AvgIpc) is 1.46. The van der Waals surface area contributed by atoms with Crippen molar-refractivity contribution in [3.8, 4) is 44.5 Å². The molecule has 4 aliphatic carbocycles. The number of rotatable bonds is 9. The third-order valence-corrected chi connectivity index (χ3v) is 27.1. The molecule has 2 heteroatoms. The topological polar surface area (TPSA) is 6.48 Å². The molecule has 0 aromatic heterocycles. The summed E-state index contributed by atoms with van der Waals surface area (Å²) < 4.78 is 0. The van der Waals surface area contributed by atoms with Crippen LogP contribution in [-0.4, -0.2) is 0 Å². The minimum atomic E-state index is -1.09. The number of hydrogen-bond acceptors (Lipinski definition) is 2. The fraction of sp³-hybridized carbons (Fsp3) is 0.0714. The van der Waals surface area contributed by atoms with E-state index in [0.29, 0.717) is 0 Å². The zero-order valence-electron chi connectivity index (χ0n) is 63.8. The number of hydrogen-bond donors (Lipinski definition) is 0. The van der Waals surface area contributed by atoms with Crippen molar-refractivity contribution in [3.05, 3.63) is 444 Å². The first-order valence-corrected chi connectivity index (χ1v) is 40.3. The SMILES string of the molecule is CC1(C)c2ccccc2-c2ccc(N(c3ccc4ccc5ccccc5c4c3)c3cc4c(c5ccccc35)-c3c(ccc5ccccc35)C4(c3ccccc3)C3(c4ccccc4)c4ccc5ccccc5c4-c4c3cc(N(c3ccc5c(c3)C(C)(C)c3ccccc3-5)c3ccc5ccc6ccccc6c5c3)c3ccccc43)cc21. The number of nitrogens with zero attached hydrogens (tertiary/aromatic N) is 2. The van der Waals surface area contributed by atoms with Crippen molar-refractivity contribution in [3.63, 3.8) is 0 Å². The van der Waals surface area contributed by atoms with Crippen molar-refractivity contribution in [1.29, 1.82) is 0 Å². The molecule has 0 radical (unpaired) electrons. The Labute approximate surface area is 663 Å². The maximum absolute atomic E-state index is 2.71. The third-order valence-electron chi connectivity index (χ3n) is 27.1. The monoisotopic (exact) mass is 1450 g/mol. The Hall–Kier alpha value is -13.9. The van der Waals surface area contributed by atoms with Crippen LogP contribution in [-0.2, 0) is 21.7 Å². The summed E-state index contributed by atoms with van der Waals surface area (Å²) in [7, 11) is 0. The predicted octanol–water partition coefficient (Wildman–Crippen LogP) is 29.8. The summed E-state index contributed by atoms with van der Waals surface area (Å²) in [6.45, 7) is 9.67. The number of anilines is 6. The maximum atomic E-state index is 2.71. The summed E-state index contributed by atoms with van der Waals surface area (Å²) in [5.41, 5.74) is 26.8. The predicted molar refractivity (Wildman–Crippen MR) is 481 cm³/mol. The second-order valence-electron chi connectivity index (χ2n) is 33.2. The van der Waals surface area contributed by atoms with Crippen LogP contribution < -0.4 is 9.80 Å². The van der Waals surface area contributed by atoms with Crippen molar-refractivity contribution < 1.29 is 0 Å². The van der Waals surface area contributed by atoms with Crippen molar-refractivity contribution in [1.82, 2.24) is 0 Å². The lowest BCUT2D eigenvalue weighted by Crippen LogP contribution is -2.50. The first kappa shape index (κ1) is 64.9. The van der Waals surface area contributed by atoms with Crippen molar-refractivity contribution in [2.75, 3.05) is 9.80 Å². The number of benzene rings is 20. The minimum absolute atomic E-state index is 0.280. The van der Waals surface area contributed by atoms with E-state index in [4.69, 9.17) is 0 Å². The first-order valence-electron chi connectivity index (χ1n) is 40.3. The van der Waals surface area contributed by atoms with Crippen LogP contribution in [0, 0.1) is 0 Å². The third kappa shape index (κ3) is 8.64. The van der Waals surface area contributed by atoms with Crippen LogP contribution in [0.2, 0.25) is 0 Å². The van der Waals surface area contributed by atoms with Gasteiger partial charge in [-0.2, -0.15) is 0 Å². The van der Waals surface area contributed by atoms with Gasteiger partial charge in [0.1, 0.15) is 0 Å². The van der Waals surface area contributed by atoms with Crippen LogP contribution >= 0.6 is 0 Å². The standard InChI is InChI=1S/C112H76N2/c1-109(2)95-45-25-23-39-85(95)87-59-57-79(65-99(87)109)113(77-55-51-73-49-47-69-27-11-15-35-81(69)93(73)63-77)103-67-101-107(91-43-21-19-41-89(91)103)105-83-37-17-13-29-71(83)53-61-97(105)111(101,75-31-7-5-8-32-75)112(76-33-9-6-10-34-76)98-62-54-72-30-14-18-38-84(72)106(98)108-92-44-22-20-42-90(92)104(68-102(108)112)114(78-56-52-74-50-48-70-28-12-16-36-82(70)94(74)64-78)80-58-60-88-86-40-24-26-46-96(86)110(3,4)100(88)66-80/h5-68H,1-4H3. The molecular formula is C112H76N2. The summed E-state index contributed by atoms with van der Waals surface area (Å²) in [6, 6.07) is 151. The molecule has 4 aliphatic rings. The van der Waals surface area contributed by atoms with Gasteiger partial charge in [0, 0.05) is 44.4 Å². The molecule has 2 nitrogen and oxygen atoms in total. The highest BCUT2D eigenvalue weighted by atomic mass is 15.2. The summed E-state index contributed by atoms with van der Waals surface area (Å²) in [4.78, 5) is 5.29. The summed E-state index contributed by atoms with van der Waals surface area (Å²) in [5, 5.41) is 19.3. The molecular weight excluding hydrogens is 1370 g/mol. The van der Waals surface area contributed by atoms with Crippen molar-refractivity contribution >= 4 is 120 Å². The fourth-order valence-electron chi connectivity index (χ4n) is 22.2. The van der Waals surface area contributed by atoms with E-state index in [1.54, 1.807) is 0 Å². The van der Waals surface area contributed by atoms with Gasteiger partial charge in [-0.3, -0.25) is 0 Å². The highest BCUT2D eigenvalue weighted by Crippen LogP contribution is 2.73. The average molecular weight is 1450 g/mol. The van der Waals surface area contributed by atoms with E-state index in [2.05, 4.69) is 426 Å². The lowest BCUT2D eigenvalue weighted by atomic mass is 9.49. The van der Waals surface area contributed by atoms with E-state index >= 15 is 0 Å². The summed E-state index contributed by atoms with van der Waals surface area (Å²) in [5.74, 6) is 0. The zero-order valence-corrected chi connectivity index (χ0v) is 63.8. The lowest BCUT2D eigenvalue weighted by Gasteiger charge is -2.51. The second-order valence-corrected chi connectivity index (χ2v) is 33.2. The summed E-state index contributed by atoms with van der Waals surface area (Å²) >= 11 is 0. The number of fused-ring (bicyclic) bond motifs is 26. The van der Waals surface area contributed by atoms with Crippen LogP contribution in [0.4, 0.5) is 34.1 Å². The lowest BCUT2D eigenvalue weighted by molar-refractivity contribution is 0.438. The van der Waals surface area contributed by atoms with E-state index in [1.807, 2.05) is 0 Å². The Balaban J connectivity index is 0.884. The van der Waals surface area contributed by atoms with E-state index < -0.39 is 10.8 Å². The fourth-order valence-corrected chi connectivity index (χ4v) is 22.2. The summed E-state index contributed by atoms with van der Waals surface area (Å²) in [6.07, 6.45) is 0. The molecule has 0 heterocycles. The van der Waals surface area contributed by atoms with E-state index in [9.17, 15) is 0 Å². The van der Waals surface area contributed by atoms with Gasteiger partial charge >= 0.3 is 0 Å². The smallest absolute Gasteiger partial charge is 0.0642 e. The van der Waals surface area contributed by atoms with Gasteiger partial charge in [0.15, 0.2) is 0 Å². The maximum Gasteiger partial charge on any atom is 0.0642 e. The molecule has 0 fully saturated rings. The zero-order chi connectivity index (χ0) is 75.5. The second kappa shape index (κ2) is 23.8. The minimum Gasteiger partial charge on any atom is -0.310 e. The first-order chi connectivity index (χ1) is 56.1. The van der Waals surface area contributed by atoms with Gasteiger partial charge < -0.3 is 9.80 Å². The van der Waals surface area contributed by atoms with Gasteiger partial charge in [0.2, 0.25) is 0 Å². The van der Waals surface area contributed by atoms with Gasteiger partial charge in [-0.15, -0.1) is 0 Å². The van der Waals surface area contributed by atoms with Crippen LogP contribution in [0.25, 0.3) is 131 Å². The molecule has 20 aromatic carbocycles. The van der Waals surface area contributed by atoms with Crippen LogP contribution in [0.1, 0.15) is 83.3 Å². The molecule has 114 heavy (non-hydrogen) atoms. The van der Waals surface area contributed by atoms with Crippen molar-refractivity contribution in [2.45, 2.75) is 49.4 Å². The Morgan fingerprint density at radius 1 is 0.175 bits per heavy atom. The van der Waals surface area contributed by atoms with E-state index in [-0.39, 0.29) is 10.8 Å². The van der Waals surface area contributed by atoms with Crippen LogP contribution in [0.15, 0.2) is 388 Å². The van der Waals surface area contributed by atoms with Gasteiger partial charge in [0.25, 0.3) is 0 Å². The molecule has 0 saturated carbocycles. The Morgan fingerprint density at radius 3 is 0.868 bits per heavy atom. The molecule has 2 unspecified atom stereocenters. The molecule has 0 N–H and O–H groups in total. The Morgan fingerprint density at radius 2 is 0.456 bits per heavy atom. The quantitative estimate of drug-likeness (QED) is 0.133. The van der Waals surface area contributed by atoms with E-state index in [1.165, 1.54) is 186 Å². The largest absolute Gasteiger partial charge is 0.310 e. The van der Waals surface area contributed by atoms with E-state index in [0.717, 1.165) is 34.1 Å². The highest BCUT2D eigenvalue weighted by Gasteiger charge is 2.65. The molecule has 0 spiro atoms. The molecule has 534 valence electrons. The highest BCUT2D eigenvalue weighted by molar-refractivity contribution is 6.21. The van der Waals surface area contributed by atoms with Crippen LogP contribution in [0.3, 0.4) is 0 Å². The van der Waals surface area contributed by atoms with Crippen LogP contribution in [0.5, 0.6) is 0 Å². The molecule has 0 bridgehead atoms. The molecule has 0 amide bonds. The van der Waals surface area contributed by atoms with Gasteiger partial charge in [0.05, 0.1) is 22.2 Å². The van der Waals surface area contributed by atoms with Crippen molar-refractivity contribution in [2.24, 2.45) is 0 Å². The molecule has 24 rings (SSSR count). The molecule has 0 aliphatic heterocycles. The van der Waals surface area contributed by atoms with Gasteiger partial charge in [-0.1, -0.05) is 355 Å². The molecule has 20 aromatic rings. The van der Waals surface area contributed by atoms with Gasteiger partial charge in [-0.25, -0.2) is 0 Å². The molecule has 2 atom stereocenters. The molecule has 0 saturated heterocycles. The normalized spacial score (nSPS) is 16.3. The Bertz CT molecular complexity index is 7120. The van der Waals surface area contributed by atoms with Gasteiger partial charge in [-0.05, 0) is 236 Å². The Kier molecular flexibility index (Phi) is 13.5.